The van der Waals surface area contributed by atoms with Gasteiger partial charge in [0, 0.05) is 0 Å². The van der Waals surface area contributed by atoms with Crippen LogP contribution in [0.5, 0.6) is 0 Å². The van der Waals surface area contributed by atoms with Crippen LogP contribution in [-0.4, -0.2) is 22.8 Å². The molecule has 0 radical (unpaired) electrons. The van der Waals surface area contributed by atoms with Gasteiger partial charge in [-0.25, -0.2) is 4.79 Å². The van der Waals surface area contributed by atoms with E-state index in [2.05, 4.69) is 0 Å². The fourth-order valence-corrected chi connectivity index (χ4v) is 1.49. The summed E-state index contributed by atoms with van der Waals surface area (Å²) < 4.78 is 5.41. The minimum atomic E-state index is -1.04. The summed E-state index contributed by atoms with van der Waals surface area (Å²) in [5.74, 6) is -0.560. The molecule has 13 heavy (non-hydrogen) atoms. The average molecular weight is 188 g/mol. The third kappa shape index (κ3) is 4.27. The molecule has 0 bridgehead atoms. The van der Waals surface area contributed by atoms with Gasteiger partial charge in [-0.15, -0.1) is 0 Å². The van der Waals surface area contributed by atoms with E-state index in [0.717, 1.165) is 0 Å². The van der Waals surface area contributed by atoms with Crippen LogP contribution in [0.15, 0.2) is 0 Å². The first-order valence-corrected chi connectivity index (χ1v) is 4.69. The molecule has 0 aliphatic carbocycles. The van der Waals surface area contributed by atoms with Crippen LogP contribution in [0.1, 0.15) is 41.0 Å². The number of ether oxygens (including phenoxy) is 1. The second-order valence-electron chi connectivity index (χ2n) is 4.30. The zero-order valence-corrected chi connectivity index (χ0v) is 9.13. The Morgan fingerprint density at radius 2 is 1.85 bits per heavy atom. The van der Waals surface area contributed by atoms with Gasteiger partial charge in [0.25, 0.3) is 0 Å². The van der Waals surface area contributed by atoms with Gasteiger partial charge < -0.3 is 9.84 Å². The summed E-state index contributed by atoms with van der Waals surface area (Å²) in [6.45, 7) is 9.31. The molecule has 0 aromatic carbocycles. The second-order valence-corrected chi connectivity index (χ2v) is 4.30. The van der Waals surface area contributed by atoms with Crippen LogP contribution >= 0.6 is 0 Å². The normalized spacial score (nSPS) is 16.2. The SMILES string of the molecule is CC(C)CC(C)(OC(C)C)C(=O)O. The number of carbonyl (C=O) groups is 1. The van der Waals surface area contributed by atoms with Gasteiger partial charge in [-0.1, -0.05) is 13.8 Å². The van der Waals surface area contributed by atoms with Gasteiger partial charge in [0.2, 0.25) is 0 Å². The van der Waals surface area contributed by atoms with Crippen molar-refractivity contribution in [3.05, 3.63) is 0 Å². The Morgan fingerprint density at radius 3 is 2.08 bits per heavy atom. The highest BCUT2D eigenvalue weighted by Gasteiger charge is 2.35. The molecule has 0 heterocycles. The highest BCUT2D eigenvalue weighted by atomic mass is 16.5. The summed E-state index contributed by atoms with van der Waals surface area (Å²) in [4.78, 5) is 11.0. The van der Waals surface area contributed by atoms with Crippen LogP contribution in [0.25, 0.3) is 0 Å². The topological polar surface area (TPSA) is 46.5 Å². The minimum absolute atomic E-state index is 0.0557. The number of aliphatic carboxylic acids is 1. The predicted molar refractivity (Wildman–Crippen MR) is 51.7 cm³/mol. The Hall–Kier alpha value is -0.570. The second kappa shape index (κ2) is 4.61. The molecular formula is C10H20O3. The molecule has 0 saturated heterocycles. The number of rotatable bonds is 5. The van der Waals surface area contributed by atoms with Gasteiger partial charge in [-0.2, -0.15) is 0 Å². The van der Waals surface area contributed by atoms with E-state index in [4.69, 9.17) is 9.84 Å². The molecule has 3 nitrogen and oxygen atoms in total. The van der Waals surface area contributed by atoms with Gasteiger partial charge >= 0.3 is 5.97 Å². The Labute approximate surface area is 80.1 Å². The Kier molecular flexibility index (Phi) is 4.40. The minimum Gasteiger partial charge on any atom is -0.479 e. The summed E-state index contributed by atoms with van der Waals surface area (Å²) in [6, 6.07) is 0. The smallest absolute Gasteiger partial charge is 0.335 e. The van der Waals surface area contributed by atoms with Crippen LogP contribution < -0.4 is 0 Å². The van der Waals surface area contributed by atoms with Crippen LogP contribution in [0.4, 0.5) is 0 Å². The maximum Gasteiger partial charge on any atom is 0.335 e. The van der Waals surface area contributed by atoms with Crippen molar-refractivity contribution in [2.24, 2.45) is 5.92 Å². The maximum atomic E-state index is 11.0. The standard InChI is InChI=1S/C10H20O3/c1-7(2)6-10(5,9(11)12)13-8(3)4/h7-8H,6H2,1-5H3,(H,11,12). The van der Waals surface area contributed by atoms with Crippen LogP contribution in [0.2, 0.25) is 0 Å². The third-order valence-corrected chi connectivity index (χ3v) is 1.75. The van der Waals surface area contributed by atoms with Crippen LogP contribution in [-0.2, 0) is 9.53 Å². The maximum absolute atomic E-state index is 11.0. The van der Waals surface area contributed by atoms with E-state index >= 15 is 0 Å². The van der Waals surface area contributed by atoms with Crippen molar-refractivity contribution in [2.45, 2.75) is 52.7 Å². The average Bonchev–Trinajstić information content (AvgIpc) is 1.82. The molecule has 0 aliphatic rings. The summed E-state index contributed by atoms with van der Waals surface area (Å²) >= 11 is 0. The zero-order chi connectivity index (χ0) is 10.6. The molecule has 78 valence electrons. The Bertz CT molecular complexity index is 163. The van der Waals surface area contributed by atoms with Gasteiger partial charge in [-0.3, -0.25) is 0 Å². The number of hydrogen-bond acceptors (Lipinski definition) is 2. The molecule has 0 aromatic rings. The molecule has 0 amide bonds. The van der Waals surface area contributed by atoms with E-state index in [9.17, 15) is 4.79 Å². The molecule has 3 heteroatoms. The molecule has 0 aromatic heterocycles. The number of hydrogen-bond donors (Lipinski definition) is 1. The zero-order valence-electron chi connectivity index (χ0n) is 9.13. The molecule has 0 aliphatic heterocycles. The van der Waals surface area contributed by atoms with E-state index in [1.807, 2.05) is 27.7 Å². The summed E-state index contributed by atoms with van der Waals surface area (Å²) in [5.41, 5.74) is -1.04. The largest absolute Gasteiger partial charge is 0.479 e. The van der Waals surface area contributed by atoms with Gasteiger partial charge in [0.15, 0.2) is 5.60 Å². The van der Waals surface area contributed by atoms with Crippen molar-refractivity contribution in [1.29, 1.82) is 0 Å². The Morgan fingerprint density at radius 1 is 1.38 bits per heavy atom. The molecule has 1 atom stereocenters. The quantitative estimate of drug-likeness (QED) is 0.720. The number of carboxylic acid groups (broad SMARTS) is 1. The molecular weight excluding hydrogens is 168 g/mol. The highest BCUT2D eigenvalue weighted by molar-refractivity contribution is 5.76. The molecule has 0 saturated carbocycles. The molecule has 1 unspecified atom stereocenters. The van der Waals surface area contributed by atoms with E-state index in [1.54, 1.807) is 6.92 Å². The fourth-order valence-electron chi connectivity index (χ4n) is 1.49. The fraction of sp³-hybridized carbons (Fsp3) is 0.900. The molecule has 0 spiro atoms. The lowest BCUT2D eigenvalue weighted by atomic mass is 9.94. The van der Waals surface area contributed by atoms with Crippen molar-refractivity contribution in [1.82, 2.24) is 0 Å². The van der Waals surface area contributed by atoms with Crippen molar-refractivity contribution < 1.29 is 14.6 Å². The van der Waals surface area contributed by atoms with Crippen molar-refractivity contribution in [3.63, 3.8) is 0 Å². The van der Waals surface area contributed by atoms with Gasteiger partial charge in [0.1, 0.15) is 0 Å². The number of carboxylic acids is 1. The first kappa shape index (κ1) is 12.4. The molecule has 0 fully saturated rings. The predicted octanol–water partition coefficient (Wildman–Crippen LogP) is 2.30. The lowest BCUT2D eigenvalue weighted by Gasteiger charge is -2.29. The first-order valence-electron chi connectivity index (χ1n) is 4.69. The van der Waals surface area contributed by atoms with E-state index in [0.29, 0.717) is 12.3 Å². The van der Waals surface area contributed by atoms with Crippen LogP contribution in [0.3, 0.4) is 0 Å². The highest BCUT2D eigenvalue weighted by Crippen LogP contribution is 2.22. The van der Waals surface area contributed by atoms with Crippen molar-refractivity contribution in [3.8, 4) is 0 Å². The molecule has 0 rings (SSSR count). The lowest BCUT2D eigenvalue weighted by Crippen LogP contribution is -2.41. The van der Waals surface area contributed by atoms with Crippen molar-refractivity contribution in [2.75, 3.05) is 0 Å². The summed E-state index contributed by atoms with van der Waals surface area (Å²) in [6.07, 6.45) is 0.486. The van der Waals surface area contributed by atoms with E-state index in [-0.39, 0.29) is 6.10 Å². The first-order chi connectivity index (χ1) is 5.78. The van der Waals surface area contributed by atoms with E-state index in [1.165, 1.54) is 0 Å². The van der Waals surface area contributed by atoms with E-state index < -0.39 is 11.6 Å². The summed E-state index contributed by atoms with van der Waals surface area (Å²) in [7, 11) is 0. The third-order valence-electron chi connectivity index (χ3n) is 1.75. The van der Waals surface area contributed by atoms with Crippen molar-refractivity contribution >= 4 is 5.97 Å². The van der Waals surface area contributed by atoms with Gasteiger partial charge in [-0.05, 0) is 33.1 Å². The lowest BCUT2D eigenvalue weighted by molar-refractivity contribution is -0.171. The monoisotopic (exact) mass is 188 g/mol. The molecule has 1 N–H and O–H groups in total. The summed E-state index contributed by atoms with van der Waals surface area (Å²) in [5, 5.41) is 9.01. The van der Waals surface area contributed by atoms with Gasteiger partial charge in [0.05, 0.1) is 6.10 Å². The van der Waals surface area contributed by atoms with Crippen LogP contribution in [0, 0.1) is 5.92 Å². The Balaban J connectivity index is 4.43.